The first-order chi connectivity index (χ1) is 11.3. The first-order valence-electron chi connectivity index (χ1n) is 8.05. The van der Waals surface area contributed by atoms with E-state index in [1.807, 2.05) is 12.1 Å². The van der Waals surface area contributed by atoms with Crippen LogP contribution in [0.25, 0.3) is 10.9 Å². The van der Waals surface area contributed by atoms with Gasteiger partial charge in [0.1, 0.15) is 17.7 Å². The first-order valence-corrected chi connectivity index (χ1v) is 8.05. The molecule has 6 heteroatoms. The predicted molar refractivity (Wildman–Crippen MR) is 87.1 cm³/mol. The summed E-state index contributed by atoms with van der Waals surface area (Å²) in [6, 6.07) is 4.17. The normalized spacial score (nSPS) is 23.9. The molecule has 2 aromatic rings. The molecule has 0 unspecified atom stereocenters. The van der Waals surface area contributed by atoms with Gasteiger partial charge in [0.05, 0.1) is 26.4 Å². The van der Waals surface area contributed by atoms with Crippen molar-refractivity contribution in [2.75, 3.05) is 26.1 Å². The van der Waals surface area contributed by atoms with Crippen molar-refractivity contribution in [1.29, 1.82) is 0 Å². The molecule has 6 nitrogen and oxygen atoms in total. The summed E-state index contributed by atoms with van der Waals surface area (Å²) in [6.07, 6.45) is 5.44. The maximum absolute atomic E-state index is 5.90. The van der Waals surface area contributed by atoms with Crippen molar-refractivity contribution in [3.63, 3.8) is 0 Å². The number of ether oxygens (including phenoxy) is 3. The summed E-state index contributed by atoms with van der Waals surface area (Å²) in [5, 5.41) is 4.51. The fourth-order valence-electron chi connectivity index (χ4n) is 3.39. The van der Waals surface area contributed by atoms with E-state index in [0.29, 0.717) is 29.6 Å². The predicted octanol–water partition coefficient (Wildman–Crippen LogP) is 2.63. The zero-order valence-electron chi connectivity index (χ0n) is 13.4. The van der Waals surface area contributed by atoms with Crippen LogP contribution in [0, 0.1) is 5.92 Å². The number of benzene rings is 1. The molecular formula is C17H21N3O3. The zero-order chi connectivity index (χ0) is 15.8. The standard InChI is InChI=1S/C17H21N3O3/c1-21-13-6-5-11-14(16(13)22-2)18-9-19-17(11)20-12-7-8-23-15(12)10-3-4-10/h5-6,9-10,12,15H,3-4,7-8H2,1-2H3,(H,18,19,20)/t12-,15+/m0/s1. The average Bonchev–Trinajstić information content (AvgIpc) is 3.33. The van der Waals surface area contributed by atoms with Gasteiger partial charge in [0.15, 0.2) is 11.5 Å². The molecule has 2 atom stereocenters. The number of aromatic nitrogens is 2. The Bertz CT molecular complexity index is 718. The Morgan fingerprint density at radius 2 is 2.00 bits per heavy atom. The minimum atomic E-state index is 0.306. The smallest absolute Gasteiger partial charge is 0.187 e. The third-order valence-electron chi connectivity index (χ3n) is 4.69. The van der Waals surface area contributed by atoms with E-state index in [2.05, 4.69) is 15.3 Å². The van der Waals surface area contributed by atoms with Crippen molar-refractivity contribution in [2.24, 2.45) is 5.92 Å². The zero-order valence-corrected chi connectivity index (χ0v) is 13.4. The minimum absolute atomic E-state index is 0.306. The van der Waals surface area contributed by atoms with Gasteiger partial charge in [-0.1, -0.05) is 0 Å². The van der Waals surface area contributed by atoms with Gasteiger partial charge < -0.3 is 19.5 Å². The molecule has 2 aliphatic rings. The van der Waals surface area contributed by atoms with E-state index in [4.69, 9.17) is 14.2 Å². The van der Waals surface area contributed by atoms with E-state index in [-0.39, 0.29) is 0 Å². The summed E-state index contributed by atoms with van der Waals surface area (Å²) in [5.41, 5.74) is 0.756. The number of fused-ring (bicyclic) bond motifs is 1. The lowest BCUT2D eigenvalue weighted by Gasteiger charge is -2.21. The molecule has 2 heterocycles. The molecule has 1 aliphatic carbocycles. The number of rotatable bonds is 5. The van der Waals surface area contributed by atoms with Crippen LogP contribution >= 0.6 is 0 Å². The molecule has 2 fully saturated rings. The number of nitrogens with zero attached hydrogens (tertiary/aromatic N) is 2. The van der Waals surface area contributed by atoms with Gasteiger partial charge in [-0.3, -0.25) is 0 Å². The van der Waals surface area contributed by atoms with Gasteiger partial charge in [0.2, 0.25) is 0 Å². The quantitative estimate of drug-likeness (QED) is 0.915. The summed E-state index contributed by atoms with van der Waals surface area (Å²) in [6.45, 7) is 0.818. The third-order valence-corrected chi connectivity index (χ3v) is 4.69. The van der Waals surface area contributed by atoms with Crippen molar-refractivity contribution >= 4 is 16.7 Å². The lowest BCUT2D eigenvalue weighted by molar-refractivity contribution is 0.0898. The fourth-order valence-corrected chi connectivity index (χ4v) is 3.39. The van der Waals surface area contributed by atoms with Gasteiger partial charge in [-0.05, 0) is 37.3 Å². The molecule has 1 saturated heterocycles. The molecule has 0 radical (unpaired) electrons. The second kappa shape index (κ2) is 5.85. The minimum Gasteiger partial charge on any atom is -0.493 e. The number of nitrogens with one attached hydrogen (secondary N) is 1. The van der Waals surface area contributed by atoms with E-state index in [1.165, 1.54) is 12.8 Å². The topological polar surface area (TPSA) is 65.5 Å². The van der Waals surface area contributed by atoms with Crippen LogP contribution in [0.15, 0.2) is 18.5 Å². The summed E-state index contributed by atoms with van der Waals surface area (Å²) >= 11 is 0. The molecule has 1 aromatic carbocycles. The summed E-state index contributed by atoms with van der Waals surface area (Å²) in [7, 11) is 3.25. The SMILES string of the molecule is COc1ccc2c(N[C@H]3CCO[C@@H]3C3CC3)ncnc2c1OC. The Kier molecular flexibility index (Phi) is 3.69. The van der Waals surface area contributed by atoms with Crippen LogP contribution in [0.4, 0.5) is 5.82 Å². The monoisotopic (exact) mass is 315 g/mol. The van der Waals surface area contributed by atoms with Gasteiger partial charge in [-0.2, -0.15) is 0 Å². The Balaban J connectivity index is 1.69. The van der Waals surface area contributed by atoms with Crippen molar-refractivity contribution in [2.45, 2.75) is 31.4 Å². The van der Waals surface area contributed by atoms with Crippen LogP contribution in [0.5, 0.6) is 11.5 Å². The maximum Gasteiger partial charge on any atom is 0.187 e. The van der Waals surface area contributed by atoms with Crippen molar-refractivity contribution in [1.82, 2.24) is 9.97 Å². The molecule has 122 valence electrons. The van der Waals surface area contributed by atoms with Crippen molar-refractivity contribution < 1.29 is 14.2 Å². The van der Waals surface area contributed by atoms with Gasteiger partial charge in [-0.25, -0.2) is 9.97 Å². The van der Waals surface area contributed by atoms with Gasteiger partial charge in [-0.15, -0.1) is 0 Å². The van der Waals surface area contributed by atoms with Crippen molar-refractivity contribution in [3.05, 3.63) is 18.5 Å². The van der Waals surface area contributed by atoms with Gasteiger partial charge in [0.25, 0.3) is 0 Å². The molecule has 1 saturated carbocycles. The molecule has 23 heavy (non-hydrogen) atoms. The Morgan fingerprint density at radius 3 is 2.74 bits per heavy atom. The molecule has 4 rings (SSSR count). The van der Waals surface area contributed by atoms with Crippen LogP contribution in [0.1, 0.15) is 19.3 Å². The second-order valence-corrected chi connectivity index (χ2v) is 6.13. The largest absolute Gasteiger partial charge is 0.493 e. The summed E-state index contributed by atoms with van der Waals surface area (Å²) in [4.78, 5) is 8.82. The molecule has 1 aliphatic heterocycles. The highest BCUT2D eigenvalue weighted by Crippen LogP contribution is 2.41. The highest BCUT2D eigenvalue weighted by atomic mass is 16.5. The lowest BCUT2D eigenvalue weighted by Crippen LogP contribution is -2.31. The molecular weight excluding hydrogens is 294 g/mol. The molecule has 1 N–H and O–H groups in total. The number of anilines is 1. The fraction of sp³-hybridized carbons (Fsp3) is 0.529. The summed E-state index contributed by atoms with van der Waals surface area (Å²) in [5.74, 6) is 2.84. The van der Waals surface area contributed by atoms with Crippen LogP contribution < -0.4 is 14.8 Å². The second-order valence-electron chi connectivity index (χ2n) is 6.13. The molecule has 0 spiro atoms. The van der Waals surface area contributed by atoms with E-state index in [1.54, 1.807) is 20.5 Å². The first kappa shape index (κ1) is 14.5. The lowest BCUT2D eigenvalue weighted by atomic mass is 10.1. The Labute approximate surface area is 135 Å². The average molecular weight is 315 g/mol. The molecule has 1 aromatic heterocycles. The van der Waals surface area contributed by atoms with Crippen LogP contribution in [-0.2, 0) is 4.74 Å². The number of methoxy groups -OCH3 is 2. The van der Waals surface area contributed by atoms with E-state index < -0.39 is 0 Å². The summed E-state index contributed by atoms with van der Waals surface area (Å²) < 4.78 is 16.7. The highest BCUT2D eigenvalue weighted by molar-refractivity contribution is 5.94. The van der Waals surface area contributed by atoms with Crippen LogP contribution in [0.2, 0.25) is 0 Å². The Hall–Kier alpha value is -2.08. The van der Waals surface area contributed by atoms with Gasteiger partial charge >= 0.3 is 0 Å². The number of hydrogen-bond acceptors (Lipinski definition) is 6. The third kappa shape index (κ3) is 2.57. The molecule has 0 amide bonds. The van der Waals surface area contributed by atoms with Crippen molar-refractivity contribution in [3.8, 4) is 11.5 Å². The van der Waals surface area contributed by atoms with Gasteiger partial charge in [0, 0.05) is 12.0 Å². The van der Waals surface area contributed by atoms with E-state index >= 15 is 0 Å². The van der Waals surface area contributed by atoms with E-state index in [9.17, 15) is 0 Å². The highest BCUT2D eigenvalue weighted by Gasteiger charge is 2.40. The van der Waals surface area contributed by atoms with E-state index in [0.717, 1.165) is 29.7 Å². The molecule has 0 bridgehead atoms. The maximum atomic E-state index is 5.90. The number of hydrogen-bond donors (Lipinski definition) is 1. The van der Waals surface area contributed by atoms with Crippen LogP contribution in [0.3, 0.4) is 0 Å². The van der Waals surface area contributed by atoms with Crippen LogP contribution in [-0.4, -0.2) is 42.9 Å². The Morgan fingerprint density at radius 1 is 1.13 bits per heavy atom.